The van der Waals surface area contributed by atoms with Gasteiger partial charge in [0, 0.05) is 30.8 Å². The summed E-state index contributed by atoms with van der Waals surface area (Å²) in [4.78, 5) is 11.1. The predicted octanol–water partition coefficient (Wildman–Crippen LogP) is 2.10. The van der Waals surface area contributed by atoms with Gasteiger partial charge in [0.2, 0.25) is 0 Å². The maximum absolute atomic E-state index is 9.54. The Morgan fingerprint density at radius 1 is 1.06 bits per heavy atom. The zero-order chi connectivity index (χ0) is 12.4. The lowest BCUT2D eigenvalue weighted by atomic mass is 10.0. The first-order chi connectivity index (χ1) is 8.83. The van der Waals surface area contributed by atoms with Crippen LogP contribution in [0.3, 0.4) is 0 Å². The van der Waals surface area contributed by atoms with Gasteiger partial charge < -0.3 is 10.0 Å². The summed E-state index contributed by atoms with van der Waals surface area (Å²) in [5.74, 6) is 1.68. The van der Waals surface area contributed by atoms with Crippen molar-refractivity contribution in [3.8, 4) is 0 Å². The molecule has 3 rings (SSSR count). The molecule has 1 saturated heterocycles. The van der Waals surface area contributed by atoms with Crippen LogP contribution in [0, 0.1) is 0 Å². The minimum atomic E-state index is -0.127. The fourth-order valence-corrected chi connectivity index (χ4v) is 3.07. The van der Waals surface area contributed by atoms with Crippen LogP contribution < -0.4 is 4.90 Å². The minimum absolute atomic E-state index is 0.127. The average Bonchev–Trinajstić information content (AvgIpc) is 2.94. The third kappa shape index (κ3) is 2.48. The van der Waals surface area contributed by atoms with Gasteiger partial charge in [-0.1, -0.05) is 12.8 Å². The SMILES string of the molecule is OC1CCN(c2cc(C3CCCC3)ncn2)CC1. The highest BCUT2D eigenvalue weighted by Crippen LogP contribution is 2.33. The molecule has 1 aromatic heterocycles. The van der Waals surface area contributed by atoms with Gasteiger partial charge >= 0.3 is 0 Å². The first-order valence-corrected chi connectivity index (χ1v) is 7.08. The topological polar surface area (TPSA) is 49.2 Å². The fraction of sp³-hybridized carbons (Fsp3) is 0.714. The molecule has 2 aliphatic rings. The maximum Gasteiger partial charge on any atom is 0.132 e. The molecule has 0 spiro atoms. The van der Waals surface area contributed by atoms with Crippen LogP contribution in [0.25, 0.3) is 0 Å². The molecule has 0 radical (unpaired) electrons. The molecule has 0 aromatic carbocycles. The van der Waals surface area contributed by atoms with Gasteiger partial charge in [-0.2, -0.15) is 0 Å². The van der Waals surface area contributed by atoms with Gasteiger partial charge in [-0.3, -0.25) is 0 Å². The molecule has 18 heavy (non-hydrogen) atoms. The van der Waals surface area contributed by atoms with Crippen LogP contribution in [0.2, 0.25) is 0 Å². The normalized spacial score (nSPS) is 22.6. The first kappa shape index (κ1) is 11.9. The van der Waals surface area contributed by atoms with Crippen LogP contribution in [-0.4, -0.2) is 34.3 Å². The zero-order valence-electron chi connectivity index (χ0n) is 10.8. The van der Waals surface area contributed by atoms with Gasteiger partial charge in [0.05, 0.1) is 6.10 Å². The molecule has 0 atom stereocenters. The van der Waals surface area contributed by atoms with Crippen molar-refractivity contribution in [2.45, 2.75) is 50.5 Å². The Bertz CT molecular complexity index is 396. The zero-order valence-corrected chi connectivity index (χ0v) is 10.8. The van der Waals surface area contributed by atoms with Crippen LogP contribution in [0.4, 0.5) is 5.82 Å². The average molecular weight is 247 g/mol. The molecule has 0 unspecified atom stereocenters. The van der Waals surface area contributed by atoms with Crippen molar-refractivity contribution in [3.63, 3.8) is 0 Å². The van der Waals surface area contributed by atoms with E-state index in [2.05, 4.69) is 20.9 Å². The Morgan fingerprint density at radius 2 is 1.78 bits per heavy atom. The maximum atomic E-state index is 9.54. The second kappa shape index (κ2) is 5.22. The Balaban J connectivity index is 1.74. The van der Waals surface area contributed by atoms with E-state index in [1.165, 1.54) is 31.4 Å². The lowest BCUT2D eigenvalue weighted by Gasteiger charge is -2.30. The number of hydrogen-bond donors (Lipinski definition) is 1. The molecule has 1 aromatic rings. The molecule has 4 nitrogen and oxygen atoms in total. The lowest BCUT2D eigenvalue weighted by molar-refractivity contribution is 0.145. The summed E-state index contributed by atoms with van der Waals surface area (Å²) >= 11 is 0. The number of aliphatic hydroxyl groups is 1. The van der Waals surface area contributed by atoms with E-state index in [1.807, 2.05) is 0 Å². The van der Waals surface area contributed by atoms with E-state index in [9.17, 15) is 5.11 Å². The van der Waals surface area contributed by atoms with Crippen LogP contribution >= 0.6 is 0 Å². The van der Waals surface area contributed by atoms with Crippen LogP contribution in [-0.2, 0) is 0 Å². The van der Waals surface area contributed by atoms with E-state index in [0.29, 0.717) is 5.92 Å². The molecule has 1 aliphatic carbocycles. The molecule has 98 valence electrons. The largest absolute Gasteiger partial charge is 0.393 e. The summed E-state index contributed by atoms with van der Waals surface area (Å²) in [5, 5.41) is 9.54. The van der Waals surface area contributed by atoms with Crippen molar-refractivity contribution in [2.75, 3.05) is 18.0 Å². The van der Waals surface area contributed by atoms with Crippen molar-refractivity contribution >= 4 is 5.82 Å². The van der Waals surface area contributed by atoms with Crippen LogP contribution in [0.1, 0.15) is 50.1 Å². The Morgan fingerprint density at radius 3 is 2.50 bits per heavy atom. The van der Waals surface area contributed by atoms with E-state index >= 15 is 0 Å². The summed E-state index contributed by atoms with van der Waals surface area (Å²) in [6, 6.07) is 2.16. The fourth-order valence-electron chi connectivity index (χ4n) is 3.07. The second-order valence-electron chi connectivity index (χ2n) is 5.50. The predicted molar refractivity (Wildman–Crippen MR) is 70.7 cm³/mol. The van der Waals surface area contributed by atoms with Crippen molar-refractivity contribution in [1.29, 1.82) is 0 Å². The Labute approximate surface area is 108 Å². The number of rotatable bonds is 2. The van der Waals surface area contributed by atoms with Gasteiger partial charge in [-0.15, -0.1) is 0 Å². The highest BCUT2D eigenvalue weighted by molar-refractivity contribution is 5.40. The van der Waals surface area contributed by atoms with Crippen LogP contribution in [0.5, 0.6) is 0 Å². The summed E-state index contributed by atoms with van der Waals surface area (Å²) in [6.45, 7) is 1.81. The first-order valence-electron chi connectivity index (χ1n) is 7.08. The van der Waals surface area contributed by atoms with Crippen molar-refractivity contribution in [3.05, 3.63) is 18.1 Å². The number of piperidine rings is 1. The Kier molecular flexibility index (Phi) is 3.46. The molecular formula is C14H21N3O. The highest BCUT2D eigenvalue weighted by Gasteiger charge is 2.22. The van der Waals surface area contributed by atoms with Crippen LogP contribution in [0.15, 0.2) is 12.4 Å². The standard InChI is InChI=1S/C14H21N3O/c18-12-5-7-17(8-6-12)14-9-13(15-10-16-14)11-3-1-2-4-11/h9-12,18H,1-8H2. The van der Waals surface area contributed by atoms with Gasteiger partial charge in [0.25, 0.3) is 0 Å². The third-order valence-electron chi connectivity index (χ3n) is 4.24. The van der Waals surface area contributed by atoms with E-state index in [1.54, 1.807) is 6.33 Å². The number of aromatic nitrogens is 2. The van der Waals surface area contributed by atoms with Gasteiger partial charge in [0.1, 0.15) is 12.1 Å². The smallest absolute Gasteiger partial charge is 0.132 e. The quantitative estimate of drug-likeness (QED) is 0.869. The number of nitrogens with zero attached hydrogens (tertiary/aromatic N) is 3. The number of hydrogen-bond acceptors (Lipinski definition) is 4. The van der Waals surface area contributed by atoms with Gasteiger partial charge in [-0.05, 0) is 25.7 Å². The van der Waals surface area contributed by atoms with E-state index in [4.69, 9.17) is 0 Å². The van der Waals surface area contributed by atoms with Crippen molar-refractivity contribution in [2.24, 2.45) is 0 Å². The second-order valence-corrected chi connectivity index (χ2v) is 5.50. The minimum Gasteiger partial charge on any atom is -0.393 e. The summed E-state index contributed by atoms with van der Waals surface area (Å²) in [6.07, 6.45) is 8.49. The number of aliphatic hydroxyl groups excluding tert-OH is 1. The molecule has 1 saturated carbocycles. The summed E-state index contributed by atoms with van der Waals surface area (Å²) in [5.41, 5.74) is 1.21. The summed E-state index contributed by atoms with van der Waals surface area (Å²) < 4.78 is 0. The molecule has 0 bridgehead atoms. The van der Waals surface area contributed by atoms with Crippen molar-refractivity contribution < 1.29 is 5.11 Å². The molecule has 0 amide bonds. The highest BCUT2D eigenvalue weighted by atomic mass is 16.3. The molecule has 2 heterocycles. The number of anilines is 1. The van der Waals surface area contributed by atoms with E-state index in [0.717, 1.165) is 31.7 Å². The van der Waals surface area contributed by atoms with Gasteiger partial charge in [-0.25, -0.2) is 9.97 Å². The van der Waals surface area contributed by atoms with E-state index < -0.39 is 0 Å². The van der Waals surface area contributed by atoms with Crippen molar-refractivity contribution in [1.82, 2.24) is 9.97 Å². The molecule has 2 fully saturated rings. The third-order valence-corrected chi connectivity index (χ3v) is 4.24. The summed E-state index contributed by atoms with van der Waals surface area (Å²) in [7, 11) is 0. The molecular weight excluding hydrogens is 226 g/mol. The van der Waals surface area contributed by atoms with Gasteiger partial charge in [0.15, 0.2) is 0 Å². The van der Waals surface area contributed by atoms with E-state index in [-0.39, 0.29) is 6.10 Å². The lowest BCUT2D eigenvalue weighted by Crippen LogP contribution is -2.36. The molecule has 1 N–H and O–H groups in total. The Hall–Kier alpha value is -1.16. The molecule has 1 aliphatic heterocycles. The molecule has 4 heteroatoms. The monoisotopic (exact) mass is 247 g/mol.